The number of carbonyl (C=O) groups excluding carboxylic acids is 6. The Balaban J connectivity index is 0.000000137. The molecule has 29 nitrogen and oxygen atoms in total. The maximum Gasteiger partial charge on any atom is 0.291 e. The largest absolute Gasteiger partial charge is 0.508 e. The second kappa shape index (κ2) is 38.9. The van der Waals surface area contributed by atoms with Gasteiger partial charge in [-0.05, 0) is 158 Å². The van der Waals surface area contributed by atoms with Crippen molar-refractivity contribution in [3.63, 3.8) is 0 Å². The maximum atomic E-state index is 14.2. The first-order chi connectivity index (χ1) is 62.9. The van der Waals surface area contributed by atoms with Crippen molar-refractivity contribution in [2.75, 3.05) is 201 Å². The number of benzene rings is 6. The van der Waals surface area contributed by atoms with Crippen LogP contribution in [0.15, 0.2) is 147 Å². The summed E-state index contributed by atoms with van der Waals surface area (Å²) in [6.45, 7) is 45.0. The number of carbonyl (C=O) groups is 6. The fraction of sp³-hybridized carbons (Fsp3) is 0.465. The fourth-order valence-corrected chi connectivity index (χ4v) is 21.0. The number of nitrogens with zero attached hydrogens (tertiary/aromatic N) is 21. The summed E-state index contributed by atoms with van der Waals surface area (Å²) >= 11 is 0. The van der Waals surface area contributed by atoms with Crippen molar-refractivity contribution in [1.82, 2.24) is 74.0 Å². The van der Waals surface area contributed by atoms with Crippen LogP contribution < -0.4 is 29.4 Å². The Kier molecular flexibility index (Phi) is 26.8. The van der Waals surface area contributed by atoms with Crippen LogP contribution in [0.5, 0.6) is 5.75 Å². The van der Waals surface area contributed by atoms with E-state index in [0.717, 1.165) is 165 Å². The zero-order valence-electron chi connectivity index (χ0n) is 77.0. The summed E-state index contributed by atoms with van der Waals surface area (Å²) in [4.78, 5) is 141. The molecule has 6 aromatic carbocycles. The first-order valence-electron chi connectivity index (χ1n) is 46.7. The SMILES string of the molecule is C=CC(=O)N1CCN(c2nc(C(=O)N3CCN(C)CC3)nc3c2CCN(c2cccc4cccc(C)c24)C3)[C@@H](C)C1.C=CC(=O)N1C[C@H](C)N(c2nc(C(=O)N3CCC(N4CCOCC4)CC3)nc3c2CCN(c2cccc4cccc(C)c24)C3)C[C@H]1C.C=CC(=O)N1C[C@H](C)N(c2nc(C(=O)N3CCN(C)CC3)nc3c2CCN(c2cc(O)cc4ccccc24)C3)C[C@H]1C. The summed E-state index contributed by atoms with van der Waals surface area (Å²) in [5, 5.41) is 17.5. The fourth-order valence-electron chi connectivity index (χ4n) is 21.0. The molecule has 0 spiro atoms. The highest BCUT2D eigenvalue weighted by atomic mass is 16.5. The van der Waals surface area contributed by atoms with Crippen LogP contribution >= 0.6 is 0 Å². The van der Waals surface area contributed by atoms with E-state index in [9.17, 15) is 33.9 Å². The third-order valence-electron chi connectivity index (χ3n) is 28.4. The second-order valence-corrected chi connectivity index (χ2v) is 37.0. The molecule has 7 fully saturated rings. The van der Waals surface area contributed by atoms with Crippen LogP contribution in [-0.4, -0.2) is 322 Å². The molecule has 6 amide bonds. The van der Waals surface area contributed by atoms with Gasteiger partial charge in [0.25, 0.3) is 17.7 Å². The number of aryl methyl sites for hydroxylation is 2. The van der Waals surface area contributed by atoms with E-state index in [4.69, 9.17) is 34.6 Å². The number of aromatic hydroxyl groups is 1. The van der Waals surface area contributed by atoms with Gasteiger partial charge in [0.15, 0.2) is 0 Å². The normalized spacial score (nSPS) is 21.4. The summed E-state index contributed by atoms with van der Waals surface area (Å²) in [6.07, 6.45) is 8.31. The van der Waals surface area contributed by atoms with Crippen LogP contribution in [0.2, 0.25) is 0 Å². The molecule has 9 aromatic rings. The maximum absolute atomic E-state index is 14.2. The highest BCUT2D eigenvalue weighted by Crippen LogP contribution is 2.42. The van der Waals surface area contributed by atoms with Crippen LogP contribution in [0.3, 0.4) is 0 Å². The number of hydrogen-bond donors (Lipinski definition) is 1. The van der Waals surface area contributed by atoms with E-state index < -0.39 is 0 Å². The molecule has 3 aromatic heterocycles. The Labute approximate surface area is 763 Å². The molecular formula is C101H125N21O8. The minimum atomic E-state index is -0.145. The number of aromatic nitrogens is 6. The van der Waals surface area contributed by atoms with Gasteiger partial charge in [-0.1, -0.05) is 105 Å². The predicted molar refractivity (Wildman–Crippen MR) is 511 cm³/mol. The van der Waals surface area contributed by atoms with Gasteiger partial charge in [0.2, 0.25) is 35.2 Å². The average Bonchev–Trinajstić information content (AvgIpc) is 0.756. The Morgan fingerprint density at radius 3 is 1.22 bits per heavy atom. The molecule has 7 saturated heterocycles. The Bertz CT molecular complexity index is 5790. The van der Waals surface area contributed by atoms with Crippen LogP contribution in [0, 0.1) is 13.8 Å². The number of rotatable bonds is 13. The number of likely N-dealkylation sites (N-methyl/N-ethyl adjacent to an activating group) is 2. The molecule has 0 bridgehead atoms. The lowest BCUT2D eigenvalue weighted by Gasteiger charge is -2.45. The highest BCUT2D eigenvalue weighted by molar-refractivity contribution is 6.00. The van der Waals surface area contributed by atoms with Crippen LogP contribution in [0.25, 0.3) is 32.3 Å². The molecule has 130 heavy (non-hydrogen) atoms. The average molecular weight is 1760 g/mol. The number of phenols is 1. The third-order valence-corrected chi connectivity index (χ3v) is 28.4. The number of fused-ring (bicyclic) bond motifs is 6. The Morgan fingerprint density at radius 1 is 0.392 bits per heavy atom. The van der Waals surface area contributed by atoms with Gasteiger partial charge in [-0.15, -0.1) is 0 Å². The molecule has 10 aliphatic heterocycles. The summed E-state index contributed by atoms with van der Waals surface area (Å²) in [6, 6.07) is 38.0. The lowest BCUT2D eigenvalue weighted by Crippen LogP contribution is -2.58. The van der Waals surface area contributed by atoms with Crippen LogP contribution in [0.1, 0.15) is 124 Å². The van der Waals surface area contributed by atoms with Gasteiger partial charge in [-0.2, -0.15) is 0 Å². The van der Waals surface area contributed by atoms with Crippen molar-refractivity contribution in [1.29, 1.82) is 0 Å². The standard InChI is InChI=1S/C37H47N7O3.C32H39N7O3.C32H39N7O2/c1-5-33(45)43-22-27(4)44(23-26(43)3)36-30-14-17-42(32-11-7-10-28-9-6-8-25(2)34(28)32)24-31(30)38-35(39-36)37(46)41-15-12-29(13-16-41)40-18-20-47-21-19-40;1-5-29(41)38-18-22(3)39(19-21(38)2)31-26-10-11-37(28-17-24(40)16-23-8-6-7-9-25(23)28)20-27(26)33-30(34-31)32(42)36-14-12-35(4)13-15-36;1-5-28(40)38-18-19-39(23(3)20-38)31-25-12-13-37(27-11-7-10-24-9-6-8-22(2)29(24)27)21-26(25)33-30(34-31)32(41)36-16-14-35(4)15-17-36/h5-11,26-27,29H,1,12-24H2,2-4H3;5-9,16-17,21-22,40H,1,10-15,18-20H2,2-4H3;5-11,23H,1,12-21H2,2-4H3/t26-,27+;21-,22+;23-/m110/s1. The smallest absolute Gasteiger partial charge is 0.291 e. The zero-order chi connectivity index (χ0) is 90.9. The van der Waals surface area contributed by atoms with Crippen molar-refractivity contribution in [2.45, 2.75) is 136 Å². The van der Waals surface area contributed by atoms with Gasteiger partial charge in [-0.25, -0.2) is 29.9 Å². The summed E-state index contributed by atoms with van der Waals surface area (Å²) in [5.41, 5.74) is 11.8. The van der Waals surface area contributed by atoms with E-state index in [2.05, 4.69) is 198 Å². The van der Waals surface area contributed by atoms with Gasteiger partial charge in [0, 0.05) is 236 Å². The van der Waals surface area contributed by atoms with Gasteiger partial charge < -0.3 is 78.4 Å². The van der Waals surface area contributed by atoms with Crippen molar-refractivity contribution < 1.29 is 38.6 Å². The summed E-state index contributed by atoms with van der Waals surface area (Å²) in [5.74, 6) is 2.98. The van der Waals surface area contributed by atoms with E-state index in [-0.39, 0.29) is 88.9 Å². The minimum absolute atomic E-state index is 0.00346. The minimum Gasteiger partial charge on any atom is -0.508 e. The second-order valence-electron chi connectivity index (χ2n) is 37.0. The molecule has 13 heterocycles. The van der Waals surface area contributed by atoms with E-state index in [1.807, 2.05) is 60.6 Å². The Hall–Kier alpha value is -12.2. The summed E-state index contributed by atoms with van der Waals surface area (Å²) in [7, 11) is 4.14. The quantitative estimate of drug-likeness (QED) is 0.105. The molecule has 0 radical (unpaired) electrons. The van der Waals surface area contributed by atoms with Gasteiger partial charge in [-0.3, -0.25) is 33.7 Å². The molecule has 1 N–H and O–H groups in total. The molecule has 5 atom stereocenters. The topological polar surface area (TPSA) is 258 Å². The molecule has 10 aliphatic rings. The van der Waals surface area contributed by atoms with Crippen molar-refractivity contribution in [2.24, 2.45) is 0 Å². The number of hydrogen-bond acceptors (Lipinski definition) is 23. The number of amides is 6. The number of piperazine rings is 5. The summed E-state index contributed by atoms with van der Waals surface area (Å²) < 4.78 is 5.56. The van der Waals surface area contributed by atoms with Crippen LogP contribution in [-0.2, 0) is 58.0 Å². The molecular weight excluding hydrogens is 1640 g/mol. The zero-order valence-corrected chi connectivity index (χ0v) is 77.0. The lowest BCUT2D eigenvalue weighted by atomic mass is 9.98. The molecule has 0 saturated carbocycles. The number of anilines is 6. The molecule has 682 valence electrons. The number of morpholine rings is 1. The first kappa shape index (κ1) is 89.8. The third kappa shape index (κ3) is 18.6. The molecule has 0 aliphatic carbocycles. The highest BCUT2D eigenvalue weighted by Gasteiger charge is 2.42. The number of ether oxygens (including phenoxy) is 1. The van der Waals surface area contributed by atoms with E-state index in [1.165, 1.54) is 62.3 Å². The molecule has 19 rings (SSSR count). The van der Waals surface area contributed by atoms with Crippen molar-refractivity contribution in [3.05, 3.63) is 210 Å². The molecule has 0 unspecified atom stereocenters. The Morgan fingerprint density at radius 2 is 0.785 bits per heavy atom. The van der Waals surface area contributed by atoms with E-state index in [1.54, 1.807) is 6.07 Å². The van der Waals surface area contributed by atoms with Gasteiger partial charge in [0.1, 0.15) is 23.2 Å². The first-order valence-corrected chi connectivity index (χ1v) is 46.7. The lowest BCUT2D eigenvalue weighted by molar-refractivity contribution is -0.129. The van der Waals surface area contributed by atoms with Crippen molar-refractivity contribution in [3.8, 4) is 5.75 Å². The van der Waals surface area contributed by atoms with E-state index >= 15 is 0 Å². The predicted octanol–water partition coefficient (Wildman–Crippen LogP) is 10.1. The van der Waals surface area contributed by atoms with Gasteiger partial charge >= 0.3 is 0 Å². The van der Waals surface area contributed by atoms with Crippen LogP contribution in [0.4, 0.5) is 34.5 Å². The van der Waals surface area contributed by atoms with Crippen molar-refractivity contribution >= 4 is 102 Å². The number of phenolic OH excluding ortho intramolecular Hbond substituents is 1. The van der Waals surface area contributed by atoms with Gasteiger partial charge in [0.05, 0.1) is 49.9 Å². The molecule has 29 heteroatoms. The number of likely N-dealkylation sites (tertiary alicyclic amines) is 1. The number of piperidine rings is 1. The monoisotopic (exact) mass is 1760 g/mol. The van der Waals surface area contributed by atoms with E-state index in [0.29, 0.717) is 117 Å².